The number of aldehydes is 1. The van der Waals surface area contributed by atoms with E-state index < -0.39 is 42.0 Å². The molecule has 8 nitrogen and oxygen atoms in total. The first-order chi connectivity index (χ1) is 23.3. The standard InChI is InChI=1S/C40H45NO7/c1-40(2,3)48-39(43)41(24-29-20-22-33(44-4)23-21-29)35-34(25-42)36(45-26-30-14-8-5-9-15-30)38(47-28-32-18-12-7-13-19-32)37(35)46-27-31-16-10-6-11-17-31/h5-23,25,34-38H,24,26-28H2,1-4H3/t34-,35-,36+,37+,38-/m0/s1. The van der Waals surface area contributed by atoms with Gasteiger partial charge >= 0.3 is 6.09 Å². The molecule has 0 saturated heterocycles. The molecule has 252 valence electrons. The summed E-state index contributed by atoms with van der Waals surface area (Å²) in [6.45, 7) is 6.40. The zero-order valence-corrected chi connectivity index (χ0v) is 28.1. The minimum Gasteiger partial charge on any atom is -0.497 e. The number of hydrogen-bond acceptors (Lipinski definition) is 7. The van der Waals surface area contributed by atoms with Crippen LogP contribution in [0.15, 0.2) is 115 Å². The number of rotatable bonds is 14. The van der Waals surface area contributed by atoms with Crippen LogP contribution in [0.1, 0.15) is 43.0 Å². The van der Waals surface area contributed by atoms with Crippen molar-refractivity contribution in [3.63, 3.8) is 0 Å². The first-order valence-electron chi connectivity index (χ1n) is 16.3. The highest BCUT2D eigenvalue weighted by Gasteiger charge is 2.56. The van der Waals surface area contributed by atoms with Crippen molar-refractivity contribution < 1.29 is 33.3 Å². The van der Waals surface area contributed by atoms with Crippen LogP contribution in [0.2, 0.25) is 0 Å². The summed E-state index contributed by atoms with van der Waals surface area (Å²) in [6.07, 6.45) is -1.85. The second kappa shape index (κ2) is 16.6. The van der Waals surface area contributed by atoms with Crippen molar-refractivity contribution in [2.75, 3.05) is 7.11 Å². The first kappa shape index (κ1) is 34.8. The summed E-state index contributed by atoms with van der Waals surface area (Å²) in [5.41, 5.74) is 2.93. The summed E-state index contributed by atoms with van der Waals surface area (Å²) in [6, 6.07) is 36.1. The molecule has 4 aromatic carbocycles. The van der Waals surface area contributed by atoms with Crippen molar-refractivity contribution in [3.05, 3.63) is 138 Å². The van der Waals surface area contributed by atoms with E-state index in [1.807, 2.05) is 136 Å². The van der Waals surface area contributed by atoms with Gasteiger partial charge in [-0.25, -0.2) is 4.79 Å². The third-order valence-corrected chi connectivity index (χ3v) is 8.27. The molecule has 48 heavy (non-hydrogen) atoms. The predicted molar refractivity (Wildman–Crippen MR) is 183 cm³/mol. The lowest BCUT2D eigenvalue weighted by Crippen LogP contribution is -2.51. The van der Waals surface area contributed by atoms with Crippen molar-refractivity contribution in [3.8, 4) is 5.75 Å². The number of hydrogen-bond donors (Lipinski definition) is 0. The Bertz CT molecular complexity index is 1560. The van der Waals surface area contributed by atoms with Gasteiger partial charge in [-0.3, -0.25) is 4.90 Å². The number of amides is 1. The highest BCUT2D eigenvalue weighted by Crippen LogP contribution is 2.39. The number of carbonyl (C=O) groups excluding carboxylic acids is 2. The van der Waals surface area contributed by atoms with Crippen molar-refractivity contribution in [1.82, 2.24) is 4.90 Å². The predicted octanol–water partition coefficient (Wildman–Crippen LogP) is 7.39. The monoisotopic (exact) mass is 651 g/mol. The van der Waals surface area contributed by atoms with Gasteiger partial charge in [-0.15, -0.1) is 0 Å². The van der Waals surface area contributed by atoms with E-state index >= 15 is 0 Å². The maximum atomic E-state index is 14.2. The quantitative estimate of drug-likeness (QED) is 0.132. The van der Waals surface area contributed by atoms with Crippen LogP contribution in [0, 0.1) is 5.92 Å². The second-order valence-corrected chi connectivity index (χ2v) is 12.9. The summed E-state index contributed by atoms with van der Waals surface area (Å²) in [4.78, 5) is 29.0. The molecule has 1 amide bonds. The van der Waals surface area contributed by atoms with Gasteiger partial charge in [-0.05, 0) is 55.2 Å². The van der Waals surface area contributed by atoms with Crippen LogP contribution in [0.25, 0.3) is 0 Å². The third kappa shape index (κ3) is 9.31. The van der Waals surface area contributed by atoms with E-state index in [0.29, 0.717) is 5.75 Å². The normalized spacial score (nSPS) is 20.6. The molecule has 0 unspecified atom stereocenters. The number of nitrogens with zero attached hydrogens (tertiary/aromatic N) is 1. The lowest BCUT2D eigenvalue weighted by atomic mass is 10.0. The molecule has 0 heterocycles. The zero-order valence-electron chi connectivity index (χ0n) is 28.1. The van der Waals surface area contributed by atoms with Gasteiger partial charge in [0.1, 0.15) is 29.8 Å². The summed E-state index contributed by atoms with van der Waals surface area (Å²) < 4.78 is 31.3. The highest BCUT2D eigenvalue weighted by atomic mass is 16.6. The Morgan fingerprint density at radius 1 is 0.646 bits per heavy atom. The average molecular weight is 652 g/mol. The van der Waals surface area contributed by atoms with Gasteiger partial charge in [0, 0.05) is 6.54 Å². The molecule has 1 aliphatic rings. The van der Waals surface area contributed by atoms with E-state index in [2.05, 4.69) is 0 Å². The zero-order chi connectivity index (χ0) is 33.9. The molecule has 1 fully saturated rings. The second-order valence-electron chi connectivity index (χ2n) is 12.9. The van der Waals surface area contributed by atoms with E-state index in [1.54, 1.807) is 12.0 Å². The van der Waals surface area contributed by atoms with Crippen molar-refractivity contribution in [1.29, 1.82) is 0 Å². The number of ether oxygens (including phenoxy) is 5. The van der Waals surface area contributed by atoms with Crippen molar-refractivity contribution >= 4 is 12.4 Å². The molecule has 0 bridgehead atoms. The van der Waals surface area contributed by atoms with Crippen molar-refractivity contribution in [2.45, 2.75) is 77.1 Å². The Balaban J connectivity index is 1.56. The fourth-order valence-electron chi connectivity index (χ4n) is 5.99. The lowest BCUT2D eigenvalue weighted by molar-refractivity contribution is -0.134. The minimum atomic E-state index is -0.791. The summed E-state index contributed by atoms with van der Waals surface area (Å²) in [5.74, 6) is -0.0944. The largest absolute Gasteiger partial charge is 0.497 e. The van der Waals surface area contributed by atoms with Crippen LogP contribution < -0.4 is 4.74 Å². The topological polar surface area (TPSA) is 83.5 Å². The highest BCUT2D eigenvalue weighted by molar-refractivity contribution is 5.70. The van der Waals surface area contributed by atoms with Crippen LogP contribution >= 0.6 is 0 Å². The van der Waals surface area contributed by atoms with Crippen molar-refractivity contribution in [2.24, 2.45) is 5.92 Å². The van der Waals surface area contributed by atoms with Crippen LogP contribution in [0.5, 0.6) is 5.75 Å². The van der Waals surface area contributed by atoms with Gasteiger partial charge in [-0.1, -0.05) is 103 Å². The number of methoxy groups -OCH3 is 1. The van der Waals surface area contributed by atoms with Gasteiger partial charge in [0.05, 0.1) is 45.0 Å². The fourth-order valence-corrected chi connectivity index (χ4v) is 5.99. The molecule has 4 aromatic rings. The van der Waals surface area contributed by atoms with E-state index in [0.717, 1.165) is 28.5 Å². The number of benzene rings is 4. The average Bonchev–Trinajstić information content (AvgIpc) is 3.40. The van der Waals surface area contributed by atoms with Gasteiger partial charge < -0.3 is 28.5 Å². The molecule has 5 atom stereocenters. The SMILES string of the molecule is COc1ccc(CN(C(=O)OC(C)(C)C)[C@H]2[C@H](C=O)[C@@H](OCc3ccccc3)[C@H](OCc3ccccc3)[C@@H]2OCc2ccccc2)cc1. The molecule has 8 heteroatoms. The molecule has 0 aromatic heterocycles. The summed E-state index contributed by atoms with van der Waals surface area (Å²) >= 11 is 0. The molecule has 0 spiro atoms. The fraction of sp³-hybridized carbons (Fsp3) is 0.350. The van der Waals surface area contributed by atoms with Gasteiger partial charge in [0.2, 0.25) is 0 Å². The molecule has 1 saturated carbocycles. The maximum absolute atomic E-state index is 14.2. The molecule has 5 rings (SSSR count). The summed E-state index contributed by atoms with van der Waals surface area (Å²) in [7, 11) is 1.61. The maximum Gasteiger partial charge on any atom is 0.410 e. The Hall–Kier alpha value is -4.50. The molecule has 0 N–H and O–H groups in total. The third-order valence-electron chi connectivity index (χ3n) is 8.27. The van der Waals surface area contributed by atoms with Gasteiger partial charge in [0.25, 0.3) is 0 Å². The van der Waals surface area contributed by atoms with Gasteiger partial charge in [-0.2, -0.15) is 0 Å². The van der Waals surface area contributed by atoms with Crippen LogP contribution in [-0.4, -0.2) is 54.3 Å². The molecule has 1 aliphatic carbocycles. The van der Waals surface area contributed by atoms with E-state index in [9.17, 15) is 9.59 Å². The first-order valence-corrected chi connectivity index (χ1v) is 16.3. The molecular weight excluding hydrogens is 606 g/mol. The van der Waals surface area contributed by atoms with E-state index in [4.69, 9.17) is 23.7 Å². The van der Waals surface area contributed by atoms with Crippen LogP contribution in [0.4, 0.5) is 4.79 Å². The molecule has 0 aliphatic heterocycles. The Morgan fingerprint density at radius 2 is 1.10 bits per heavy atom. The molecular formula is C40H45NO7. The van der Waals surface area contributed by atoms with E-state index in [-0.39, 0.29) is 26.4 Å². The van der Waals surface area contributed by atoms with Crippen LogP contribution in [0.3, 0.4) is 0 Å². The van der Waals surface area contributed by atoms with Crippen LogP contribution in [-0.2, 0) is 50.1 Å². The van der Waals surface area contributed by atoms with Gasteiger partial charge in [0.15, 0.2) is 0 Å². The Labute approximate surface area is 283 Å². The molecule has 0 radical (unpaired) electrons. The Kier molecular flexibility index (Phi) is 12.0. The minimum absolute atomic E-state index is 0.163. The summed E-state index contributed by atoms with van der Waals surface area (Å²) in [5, 5.41) is 0. The van der Waals surface area contributed by atoms with E-state index in [1.165, 1.54) is 0 Å². The lowest BCUT2D eigenvalue weighted by Gasteiger charge is -2.36. The number of carbonyl (C=O) groups is 2. The smallest absolute Gasteiger partial charge is 0.410 e. The Morgan fingerprint density at radius 3 is 1.54 bits per heavy atom.